The van der Waals surface area contributed by atoms with Crippen LogP contribution < -0.4 is 15.5 Å². The zero-order valence-electron chi connectivity index (χ0n) is 11.5. The normalized spacial score (nSPS) is 19.6. The molecule has 4 nitrogen and oxygen atoms in total. The lowest BCUT2D eigenvalue weighted by Gasteiger charge is -2.30. The van der Waals surface area contributed by atoms with Crippen LogP contribution in [0.4, 0.5) is 5.69 Å². The van der Waals surface area contributed by atoms with Gasteiger partial charge in [0.1, 0.15) is 0 Å². The highest BCUT2D eigenvalue weighted by Gasteiger charge is 2.21. The van der Waals surface area contributed by atoms with E-state index in [1.165, 1.54) is 6.42 Å². The van der Waals surface area contributed by atoms with Crippen LogP contribution in [-0.4, -0.2) is 38.1 Å². The summed E-state index contributed by atoms with van der Waals surface area (Å²) in [6, 6.07) is 5.97. The monoisotopic (exact) mass is 293 g/mol. The van der Waals surface area contributed by atoms with Gasteiger partial charge in [-0.25, -0.2) is 0 Å². The van der Waals surface area contributed by atoms with Gasteiger partial charge >= 0.3 is 0 Å². The number of benzene rings is 1. The molecule has 1 amide bonds. The minimum absolute atomic E-state index is 0.0107. The maximum absolute atomic E-state index is 12.1. The number of hydrogen-bond acceptors (Lipinski definition) is 3. The maximum atomic E-state index is 12.1. The highest BCUT2D eigenvalue weighted by Crippen LogP contribution is 2.27. The number of anilines is 1. The van der Waals surface area contributed by atoms with Gasteiger partial charge in [-0.1, -0.05) is 11.6 Å². The number of nitrogens with zero attached hydrogens (tertiary/aromatic N) is 1. The Morgan fingerprint density at radius 2 is 2.05 bits per heavy atom. The third kappa shape index (κ3) is 2.91. The zero-order chi connectivity index (χ0) is 13.9. The lowest BCUT2D eigenvalue weighted by Crippen LogP contribution is -2.43. The predicted octanol–water partition coefficient (Wildman–Crippen LogP) is 2.03. The fraction of sp³-hybridized carbons (Fsp3) is 0.533. The SMILES string of the molecule is O=C(NC1CCC1)c1ccc(N2CCNCC2)c(Cl)c1. The molecule has 5 heteroatoms. The first-order valence-corrected chi connectivity index (χ1v) is 7.68. The number of carbonyl (C=O) groups is 1. The first-order valence-electron chi connectivity index (χ1n) is 7.30. The number of hydrogen-bond donors (Lipinski definition) is 2. The quantitative estimate of drug-likeness (QED) is 0.896. The van der Waals surface area contributed by atoms with Crippen LogP contribution in [0.25, 0.3) is 0 Å². The maximum Gasteiger partial charge on any atom is 0.251 e. The summed E-state index contributed by atoms with van der Waals surface area (Å²) in [7, 11) is 0. The molecule has 0 spiro atoms. The van der Waals surface area contributed by atoms with Crippen molar-refractivity contribution >= 4 is 23.2 Å². The molecule has 1 aromatic carbocycles. The molecule has 0 radical (unpaired) electrons. The lowest BCUT2D eigenvalue weighted by molar-refractivity contribution is 0.0917. The van der Waals surface area contributed by atoms with Crippen LogP contribution in [0.2, 0.25) is 5.02 Å². The van der Waals surface area contributed by atoms with E-state index < -0.39 is 0 Å². The van der Waals surface area contributed by atoms with E-state index >= 15 is 0 Å². The zero-order valence-corrected chi connectivity index (χ0v) is 12.2. The molecule has 1 heterocycles. The second kappa shape index (κ2) is 6.02. The van der Waals surface area contributed by atoms with Crippen LogP contribution in [-0.2, 0) is 0 Å². The van der Waals surface area contributed by atoms with Crippen LogP contribution in [0.5, 0.6) is 0 Å². The fourth-order valence-corrected chi connectivity index (χ4v) is 2.93. The number of nitrogens with one attached hydrogen (secondary N) is 2. The lowest BCUT2D eigenvalue weighted by atomic mass is 9.93. The van der Waals surface area contributed by atoms with Gasteiger partial charge in [0.25, 0.3) is 5.91 Å². The van der Waals surface area contributed by atoms with Crippen molar-refractivity contribution in [3.8, 4) is 0 Å². The van der Waals surface area contributed by atoms with Gasteiger partial charge in [0.05, 0.1) is 10.7 Å². The summed E-state index contributed by atoms with van der Waals surface area (Å²) in [4.78, 5) is 14.4. The van der Waals surface area contributed by atoms with E-state index in [9.17, 15) is 4.79 Å². The van der Waals surface area contributed by atoms with Gasteiger partial charge in [-0.15, -0.1) is 0 Å². The van der Waals surface area contributed by atoms with E-state index in [4.69, 9.17) is 11.6 Å². The number of piperazine rings is 1. The number of carbonyl (C=O) groups excluding carboxylic acids is 1. The van der Waals surface area contributed by atoms with E-state index in [2.05, 4.69) is 15.5 Å². The summed E-state index contributed by atoms with van der Waals surface area (Å²) in [5.74, 6) is -0.0107. The van der Waals surface area contributed by atoms with Crippen molar-refractivity contribution in [2.24, 2.45) is 0 Å². The molecule has 0 atom stereocenters. The van der Waals surface area contributed by atoms with Gasteiger partial charge in [0.2, 0.25) is 0 Å². The van der Waals surface area contributed by atoms with Crippen molar-refractivity contribution < 1.29 is 4.79 Å². The Morgan fingerprint density at radius 1 is 1.30 bits per heavy atom. The summed E-state index contributed by atoms with van der Waals surface area (Å²) in [5, 5.41) is 7.02. The minimum atomic E-state index is -0.0107. The van der Waals surface area contributed by atoms with E-state index in [-0.39, 0.29) is 5.91 Å². The van der Waals surface area contributed by atoms with Gasteiger partial charge in [0.15, 0.2) is 0 Å². The molecule has 2 aliphatic rings. The van der Waals surface area contributed by atoms with Crippen molar-refractivity contribution in [3.05, 3.63) is 28.8 Å². The van der Waals surface area contributed by atoms with Crippen molar-refractivity contribution in [2.75, 3.05) is 31.1 Å². The molecule has 1 aliphatic heterocycles. The van der Waals surface area contributed by atoms with Crippen LogP contribution in [0.3, 0.4) is 0 Å². The Hall–Kier alpha value is -1.26. The van der Waals surface area contributed by atoms with Gasteiger partial charge in [-0.3, -0.25) is 4.79 Å². The molecule has 0 bridgehead atoms. The summed E-state index contributed by atoms with van der Waals surface area (Å²) in [5.41, 5.74) is 1.68. The number of halogens is 1. The van der Waals surface area contributed by atoms with Gasteiger partial charge < -0.3 is 15.5 Å². The summed E-state index contributed by atoms with van der Waals surface area (Å²) >= 11 is 6.35. The summed E-state index contributed by atoms with van der Waals surface area (Å²) < 4.78 is 0. The molecule has 1 aromatic rings. The molecule has 108 valence electrons. The Bertz CT molecular complexity index is 496. The summed E-state index contributed by atoms with van der Waals surface area (Å²) in [6.07, 6.45) is 3.41. The van der Waals surface area contributed by atoms with Crippen molar-refractivity contribution in [3.63, 3.8) is 0 Å². The van der Waals surface area contributed by atoms with E-state index in [1.807, 2.05) is 12.1 Å². The molecule has 1 aliphatic carbocycles. The van der Waals surface area contributed by atoms with Gasteiger partial charge in [-0.05, 0) is 37.5 Å². The van der Waals surface area contributed by atoms with Crippen molar-refractivity contribution in [1.82, 2.24) is 10.6 Å². The molecular formula is C15H20ClN3O. The van der Waals surface area contributed by atoms with Crippen LogP contribution in [0.1, 0.15) is 29.6 Å². The predicted molar refractivity (Wildman–Crippen MR) is 81.6 cm³/mol. The molecule has 1 saturated heterocycles. The fourth-order valence-electron chi connectivity index (χ4n) is 2.63. The van der Waals surface area contributed by atoms with Crippen LogP contribution >= 0.6 is 11.6 Å². The molecule has 3 rings (SSSR count). The molecule has 2 fully saturated rings. The first-order chi connectivity index (χ1) is 9.74. The third-order valence-corrected chi connectivity index (χ3v) is 4.41. The van der Waals surface area contributed by atoms with Crippen molar-refractivity contribution in [1.29, 1.82) is 0 Å². The van der Waals surface area contributed by atoms with Gasteiger partial charge in [-0.2, -0.15) is 0 Å². The van der Waals surface area contributed by atoms with E-state index in [1.54, 1.807) is 6.07 Å². The smallest absolute Gasteiger partial charge is 0.251 e. The Labute approximate surface area is 124 Å². The largest absolute Gasteiger partial charge is 0.368 e. The molecular weight excluding hydrogens is 274 g/mol. The molecule has 2 N–H and O–H groups in total. The molecule has 20 heavy (non-hydrogen) atoms. The van der Waals surface area contributed by atoms with Crippen LogP contribution in [0.15, 0.2) is 18.2 Å². The van der Waals surface area contributed by atoms with E-state index in [0.29, 0.717) is 16.6 Å². The highest BCUT2D eigenvalue weighted by atomic mass is 35.5. The Kier molecular flexibility index (Phi) is 4.13. The highest BCUT2D eigenvalue weighted by molar-refractivity contribution is 6.33. The average Bonchev–Trinajstić information content (AvgIpc) is 2.43. The minimum Gasteiger partial charge on any atom is -0.368 e. The second-order valence-corrected chi connectivity index (χ2v) is 5.91. The first kappa shape index (κ1) is 13.7. The van der Waals surface area contributed by atoms with Gasteiger partial charge in [0, 0.05) is 37.8 Å². The van der Waals surface area contributed by atoms with Crippen LogP contribution in [0, 0.1) is 0 Å². The molecule has 0 unspecified atom stereocenters. The number of rotatable bonds is 3. The van der Waals surface area contributed by atoms with E-state index in [0.717, 1.165) is 44.7 Å². The summed E-state index contributed by atoms with van der Waals surface area (Å²) in [6.45, 7) is 3.85. The Morgan fingerprint density at radius 3 is 2.65 bits per heavy atom. The number of amides is 1. The second-order valence-electron chi connectivity index (χ2n) is 5.50. The van der Waals surface area contributed by atoms with Crippen molar-refractivity contribution in [2.45, 2.75) is 25.3 Å². The average molecular weight is 294 g/mol. The molecule has 1 saturated carbocycles. The molecule has 0 aromatic heterocycles. The third-order valence-electron chi connectivity index (χ3n) is 4.11. The standard InChI is InChI=1S/C15H20ClN3O/c16-13-10-11(15(20)18-12-2-1-3-12)4-5-14(13)19-8-6-17-7-9-19/h4-5,10,12,17H,1-3,6-9H2,(H,18,20). The topological polar surface area (TPSA) is 44.4 Å². The Balaban J connectivity index is 1.70.